The van der Waals surface area contributed by atoms with Crippen molar-refractivity contribution in [2.75, 3.05) is 0 Å². The van der Waals surface area contributed by atoms with Crippen molar-refractivity contribution in [3.05, 3.63) is 65.5 Å². The van der Waals surface area contributed by atoms with Gasteiger partial charge in [-0.1, -0.05) is 36.4 Å². The first-order valence-corrected chi connectivity index (χ1v) is 7.46. The molecule has 0 bridgehead atoms. The second-order valence-corrected chi connectivity index (χ2v) is 5.57. The van der Waals surface area contributed by atoms with Gasteiger partial charge in [-0.05, 0) is 31.0 Å². The second-order valence-electron chi connectivity index (χ2n) is 5.57. The van der Waals surface area contributed by atoms with Gasteiger partial charge < -0.3 is 10.4 Å². The lowest BCUT2D eigenvalue weighted by molar-refractivity contribution is -0.142. The molecule has 1 heterocycles. The average molecular weight is 312 g/mol. The van der Waals surface area contributed by atoms with E-state index in [0.29, 0.717) is 0 Å². The molecule has 120 valence electrons. The van der Waals surface area contributed by atoms with Crippen LogP contribution in [0.4, 0.5) is 0 Å². The van der Waals surface area contributed by atoms with Crippen molar-refractivity contribution in [1.82, 2.24) is 10.3 Å². The Kier molecular flexibility index (Phi) is 5.46. The number of carbonyl (C=O) groups is 2. The number of pyridine rings is 1. The van der Waals surface area contributed by atoms with Crippen LogP contribution in [0.15, 0.2) is 48.7 Å². The van der Waals surface area contributed by atoms with Gasteiger partial charge in [-0.25, -0.2) is 0 Å². The van der Waals surface area contributed by atoms with Crippen LogP contribution in [0, 0.1) is 12.8 Å². The predicted octanol–water partition coefficient (Wildman–Crippen LogP) is 2.51. The van der Waals surface area contributed by atoms with E-state index < -0.39 is 17.9 Å². The quantitative estimate of drug-likeness (QED) is 0.859. The molecule has 0 radical (unpaired) electrons. The average Bonchev–Trinajstić information content (AvgIpc) is 2.55. The minimum atomic E-state index is -0.948. The zero-order chi connectivity index (χ0) is 16.8. The number of benzene rings is 1. The lowest BCUT2D eigenvalue weighted by Crippen LogP contribution is -2.36. The molecule has 1 aromatic heterocycles. The van der Waals surface area contributed by atoms with Crippen molar-refractivity contribution < 1.29 is 14.7 Å². The summed E-state index contributed by atoms with van der Waals surface area (Å²) in [6.45, 7) is 3.47. The van der Waals surface area contributed by atoms with Crippen LogP contribution in [0.3, 0.4) is 0 Å². The van der Waals surface area contributed by atoms with Crippen LogP contribution in [0.5, 0.6) is 0 Å². The number of carboxylic acid groups (broad SMARTS) is 1. The van der Waals surface area contributed by atoms with Gasteiger partial charge >= 0.3 is 5.97 Å². The van der Waals surface area contributed by atoms with Crippen LogP contribution in [0.25, 0.3) is 0 Å². The van der Waals surface area contributed by atoms with Crippen molar-refractivity contribution in [3.63, 3.8) is 0 Å². The third-order valence-electron chi connectivity index (χ3n) is 3.70. The molecule has 5 heteroatoms. The lowest BCUT2D eigenvalue weighted by atomic mass is 9.94. The van der Waals surface area contributed by atoms with Gasteiger partial charge in [0.2, 0.25) is 5.91 Å². The summed E-state index contributed by atoms with van der Waals surface area (Å²) in [6, 6.07) is 12.3. The third-order valence-corrected chi connectivity index (χ3v) is 3.70. The maximum absolute atomic E-state index is 12.3. The Labute approximate surface area is 135 Å². The number of hydrogen-bond donors (Lipinski definition) is 2. The lowest BCUT2D eigenvalue weighted by Gasteiger charge is -2.23. The highest BCUT2D eigenvalue weighted by molar-refractivity contribution is 5.80. The summed E-state index contributed by atoms with van der Waals surface area (Å²) >= 11 is 0. The standard InChI is InChI=1S/C18H20N2O3/c1-12-8-9-14(11-19-12)10-16(21)20-17(13(2)18(22)23)15-6-4-3-5-7-15/h3-9,11,13,17H,10H2,1-2H3,(H,20,21)(H,22,23). The van der Waals surface area contributed by atoms with Gasteiger partial charge in [-0.2, -0.15) is 0 Å². The molecule has 5 nitrogen and oxygen atoms in total. The number of nitrogens with zero attached hydrogens (tertiary/aromatic N) is 1. The van der Waals surface area contributed by atoms with Gasteiger partial charge in [0.1, 0.15) is 0 Å². The van der Waals surface area contributed by atoms with Gasteiger partial charge in [0.15, 0.2) is 0 Å². The van der Waals surface area contributed by atoms with Crippen LogP contribution in [-0.2, 0) is 16.0 Å². The molecule has 2 rings (SSSR count). The van der Waals surface area contributed by atoms with Gasteiger partial charge in [0.05, 0.1) is 18.4 Å². The molecule has 0 spiro atoms. The van der Waals surface area contributed by atoms with E-state index in [0.717, 1.165) is 16.8 Å². The Morgan fingerprint density at radius 2 is 1.87 bits per heavy atom. The topological polar surface area (TPSA) is 79.3 Å². The number of hydrogen-bond acceptors (Lipinski definition) is 3. The summed E-state index contributed by atoms with van der Waals surface area (Å²) in [5.74, 6) is -1.90. The number of rotatable bonds is 6. The van der Waals surface area contributed by atoms with Crippen LogP contribution < -0.4 is 5.32 Å². The summed E-state index contributed by atoms with van der Waals surface area (Å²) in [7, 11) is 0. The van der Waals surface area contributed by atoms with E-state index in [4.69, 9.17) is 0 Å². The number of amides is 1. The molecule has 23 heavy (non-hydrogen) atoms. The van der Waals surface area contributed by atoms with Crippen molar-refractivity contribution in [3.8, 4) is 0 Å². The second kappa shape index (κ2) is 7.54. The van der Waals surface area contributed by atoms with E-state index in [-0.39, 0.29) is 12.3 Å². The van der Waals surface area contributed by atoms with Crippen molar-refractivity contribution in [1.29, 1.82) is 0 Å². The summed E-state index contributed by atoms with van der Waals surface area (Å²) in [5.41, 5.74) is 2.46. The van der Waals surface area contributed by atoms with Crippen molar-refractivity contribution in [2.45, 2.75) is 26.3 Å². The zero-order valence-electron chi connectivity index (χ0n) is 13.2. The Morgan fingerprint density at radius 1 is 1.17 bits per heavy atom. The highest BCUT2D eigenvalue weighted by atomic mass is 16.4. The zero-order valence-corrected chi connectivity index (χ0v) is 13.2. The van der Waals surface area contributed by atoms with E-state index in [1.807, 2.05) is 49.4 Å². The van der Waals surface area contributed by atoms with Crippen molar-refractivity contribution in [2.24, 2.45) is 5.92 Å². The number of carboxylic acids is 1. The molecule has 0 saturated heterocycles. The first-order chi connectivity index (χ1) is 11.0. The van der Waals surface area contributed by atoms with Gasteiger partial charge in [0.25, 0.3) is 0 Å². The SMILES string of the molecule is Cc1ccc(CC(=O)NC(c2ccccc2)C(C)C(=O)O)cn1. The molecule has 0 fully saturated rings. The minimum Gasteiger partial charge on any atom is -0.481 e. The van der Waals surface area contributed by atoms with Crippen LogP contribution in [0.2, 0.25) is 0 Å². The highest BCUT2D eigenvalue weighted by Crippen LogP contribution is 2.22. The Morgan fingerprint density at radius 3 is 2.43 bits per heavy atom. The fourth-order valence-electron chi connectivity index (χ4n) is 2.31. The van der Waals surface area contributed by atoms with E-state index in [1.54, 1.807) is 13.1 Å². The normalized spacial score (nSPS) is 13.1. The molecule has 0 aliphatic rings. The molecule has 0 aliphatic carbocycles. The van der Waals surface area contributed by atoms with E-state index in [9.17, 15) is 14.7 Å². The minimum absolute atomic E-state index is 0.170. The fourth-order valence-corrected chi connectivity index (χ4v) is 2.31. The molecular formula is C18H20N2O3. The Bertz CT molecular complexity index is 668. The molecular weight excluding hydrogens is 292 g/mol. The number of aromatic nitrogens is 1. The molecule has 2 N–H and O–H groups in total. The largest absolute Gasteiger partial charge is 0.481 e. The monoisotopic (exact) mass is 312 g/mol. The van der Waals surface area contributed by atoms with Crippen LogP contribution in [-0.4, -0.2) is 22.0 Å². The molecule has 2 atom stereocenters. The molecule has 0 aliphatic heterocycles. The third kappa shape index (κ3) is 4.64. The molecule has 1 amide bonds. The highest BCUT2D eigenvalue weighted by Gasteiger charge is 2.26. The fraction of sp³-hybridized carbons (Fsp3) is 0.278. The molecule has 1 aromatic carbocycles. The number of nitrogens with one attached hydrogen (secondary N) is 1. The molecule has 2 unspecified atom stereocenters. The Hall–Kier alpha value is -2.69. The predicted molar refractivity (Wildman–Crippen MR) is 86.8 cm³/mol. The van der Waals surface area contributed by atoms with E-state index in [2.05, 4.69) is 10.3 Å². The first-order valence-electron chi connectivity index (χ1n) is 7.46. The summed E-state index contributed by atoms with van der Waals surface area (Å²) < 4.78 is 0. The first kappa shape index (κ1) is 16.7. The summed E-state index contributed by atoms with van der Waals surface area (Å²) in [5, 5.41) is 12.1. The summed E-state index contributed by atoms with van der Waals surface area (Å²) in [4.78, 5) is 27.8. The maximum Gasteiger partial charge on any atom is 0.308 e. The van der Waals surface area contributed by atoms with E-state index in [1.165, 1.54) is 0 Å². The maximum atomic E-state index is 12.3. The summed E-state index contributed by atoms with van der Waals surface area (Å²) in [6.07, 6.45) is 1.83. The van der Waals surface area contributed by atoms with Gasteiger partial charge in [-0.15, -0.1) is 0 Å². The van der Waals surface area contributed by atoms with Crippen LogP contribution in [0.1, 0.15) is 29.8 Å². The number of carbonyl (C=O) groups excluding carboxylic acids is 1. The van der Waals surface area contributed by atoms with Gasteiger partial charge in [-0.3, -0.25) is 14.6 Å². The van der Waals surface area contributed by atoms with Crippen LogP contribution >= 0.6 is 0 Å². The smallest absolute Gasteiger partial charge is 0.308 e. The van der Waals surface area contributed by atoms with Gasteiger partial charge in [0, 0.05) is 11.9 Å². The molecule has 0 saturated carbocycles. The van der Waals surface area contributed by atoms with E-state index >= 15 is 0 Å². The number of aliphatic carboxylic acids is 1. The Balaban J connectivity index is 2.12. The van der Waals surface area contributed by atoms with Crippen molar-refractivity contribution >= 4 is 11.9 Å². The number of aryl methyl sites for hydroxylation is 1. The molecule has 2 aromatic rings.